The van der Waals surface area contributed by atoms with Crippen LogP contribution in [0, 0.1) is 17.7 Å². The highest BCUT2D eigenvalue weighted by Crippen LogP contribution is 2.53. The van der Waals surface area contributed by atoms with Crippen LogP contribution in [0.25, 0.3) is 0 Å². The summed E-state index contributed by atoms with van der Waals surface area (Å²) in [7, 11) is -0.0987. The van der Waals surface area contributed by atoms with E-state index in [4.69, 9.17) is 37.4 Å². The third-order valence-corrected chi connectivity index (χ3v) is 12.3. The summed E-state index contributed by atoms with van der Waals surface area (Å²) in [5.41, 5.74) is -1.84. The molecule has 3 aromatic rings. The largest absolute Gasteiger partial charge is 0.466 e. The van der Waals surface area contributed by atoms with Crippen LogP contribution in [0.3, 0.4) is 0 Å². The Kier molecular flexibility index (Phi) is 11.3. The Labute approximate surface area is 299 Å². The van der Waals surface area contributed by atoms with Crippen LogP contribution in [0.4, 0.5) is 4.39 Å². The molecule has 5 rings (SSSR count). The zero-order chi connectivity index (χ0) is 35.7. The third kappa shape index (κ3) is 7.21. The van der Waals surface area contributed by atoms with Gasteiger partial charge in [-0.25, -0.2) is 4.39 Å². The highest BCUT2D eigenvalue weighted by atomic mass is 35.5. The molecule has 0 aromatic heterocycles. The van der Waals surface area contributed by atoms with E-state index in [9.17, 15) is 9.90 Å². The summed E-state index contributed by atoms with van der Waals surface area (Å²) < 4.78 is 34.7. The van der Waals surface area contributed by atoms with Gasteiger partial charge in [0.1, 0.15) is 5.82 Å². The van der Waals surface area contributed by atoms with Gasteiger partial charge in [0.2, 0.25) is 0 Å². The normalized spacial score (nSPS) is 20.9. The highest BCUT2D eigenvalue weighted by molar-refractivity contribution is 6.76. The molecular formula is C38H46Cl2FNO6Si. The van der Waals surface area contributed by atoms with Gasteiger partial charge in [-0.05, 0) is 85.7 Å². The van der Waals surface area contributed by atoms with E-state index in [1.54, 1.807) is 61.5 Å². The maximum atomic E-state index is 17.0. The van der Waals surface area contributed by atoms with Crippen molar-refractivity contribution < 1.29 is 33.3 Å². The smallest absolute Gasteiger partial charge is 0.311 e. The Balaban J connectivity index is 1.73. The molecule has 1 unspecified atom stereocenters. The molecular weight excluding hydrogens is 684 g/mol. The number of nitrogens with zero attached hydrogens (tertiary/aromatic N) is 1. The van der Waals surface area contributed by atoms with Crippen LogP contribution in [0.1, 0.15) is 71.8 Å². The molecule has 1 N–H and O–H groups in total. The fraction of sp³-hybridized carbons (Fsp3) is 0.474. The minimum absolute atomic E-state index is 0.00485. The minimum Gasteiger partial charge on any atom is -0.466 e. The van der Waals surface area contributed by atoms with Gasteiger partial charge in [-0.1, -0.05) is 74.0 Å². The van der Waals surface area contributed by atoms with Crippen LogP contribution in [0.5, 0.6) is 0 Å². The Morgan fingerprint density at radius 3 is 2.22 bits per heavy atom. The number of rotatable bonds is 12. The van der Waals surface area contributed by atoms with Gasteiger partial charge in [0.05, 0.1) is 35.3 Å². The third-order valence-electron chi connectivity index (χ3n) is 10.1. The van der Waals surface area contributed by atoms with E-state index in [0.29, 0.717) is 59.2 Å². The number of amides is 1. The summed E-state index contributed by atoms with van der Waals surface area (Å²) >= 11 is 12.6. The Bertz CT molecular complexity index is 1660. The lowest BCUT2D eigenvalue weighted by atomic mass is 9.74. The molecule has 7 nitrogen and oxygen atoms in total. The number of hydrogen-bond donors (Lipinski definition) is 1. The number of fused-ring (bicyclic) bond motifs is 1. The minimum atomic E-state index is -1.82. The molecule has 1 fully saturated rings. The molecule has 2 aliphatic rings. The van der Waals surface area contributed by atoms with Gasteiger partial charge in [0.15, 0.2) is 5.72 Å². The molecule has 264 valence electrons. The first kappa shape index (κ1) is 37.5. The van der Waals surface area contributed by atoms with Gasteiger partial charge in [-0.15, -0.1) is 0 Å². The van der Waals surface area contributed by atoms with Crippen molar-refractivity contribution in [1.29, 1.82) is 0 Å². The van der Waals surface area contributed by atoms with Crippen LogP contribution in [0.15, 0.2) is 60.7 Å². The second kappa shape index (κ2) is 14.8. The molecule has 1 amide bonds. The fourth-order valence-electron chi connectivity index (χ4n) is 7.31. The lowest BCUT2D eigenvalue weighted by Gasteiger charge is -2.44. The number of carbonyl (C=O) groups is 2. The maximum Gasteiger partial charge on any atom is 0.311 e. The van der Waals surface area contributed by atoms with Crippen molar-refractivity contribution in [3.63, 3.8) is 0 Å². The van der Waals surface area contributed by atoms with Gasteiger partial charge in [-0.3, -0.25) is 14.5 Å². The number of methoxy groups -OCH3 is 1. The number of esters is 1. The van der Waals surface area contributed by atoms with Crippen molar-refractivity contribution in [2.75, 3.05) is 26.9 Å². The lowest BCUT2D eigenvalue weighted by Crippen LogP contribution is -2.51. The second-order valence-corrected chi connectivity index (χ2v) is 20.8. The average molecular weight is 731 g/mol. The average Bonchev–Trinajstić information content (AvgIpc) is 3.33. The SMILES string of the molecule is CC[C@@](O)(c1cc(F)c2c(c1)C(=O)N(C(c1ccc(Cl)cc1)[C@H](C)C(=O)OCC[Si](C)(C)C)[C@@]2(OC)c1ccc(Cl)cc1)C1CCOCC1. The first-order chi connectivity index (χ1) is 23.2. The molecule has 1 saturated heterocycles. The van der Waals surface area contributed by atoms with E-state index in [-0.39, 0.29) is 23.7 Å². The van der Waals surface area contributed by atoms with Crippen LogP contribution in [-0.4, -0.2) is 56.9 Å². The van der Waals surface area contributed by atoms with Gasteiger partial charge in [0, 0.05) is 44.0 Å². The van der Waals surface area contributed by atoms with Crippen molar-refractivity contribution in [2.24, 2.45) is 11.8 Å². The van der Waals surface area contributed by atoms with Crippen LogP contribution >= 0.6 is 23.2 Å². The van der Waals surface area contributed by atoms with E-state index in [0.717, 1.165) is 6.04 Å². The fourth-order valence-corrected chi connectivity index (χ4v) is 8.27. The predicted octanol–water partition coefficient (Wildman–Crippen LogP) is 8.72. The molecule has 0 aliphatic carbocycles. The van der Waals surface area contributed by atoms with Crippen LogP contribution in [-0.2, 0) is 30.3 Å². The Hall–Kier alpha value is -2.79. The van der Waals surface area contributed by atoms with Gasteiger partial charge < -0.3 is 19.3 Å². The number of benzene rings is 3. The number of aliphatic hydroxyl groups is 1. The number of hydrogen-bond acceptors (Lipinski definition) is 6. The summed E-state index contributed by atoms with van der Waals surface area (Å²) in [5, 5.41) is 13.0. The molecule has 0 bridgehead atoms. The molecule has 11 heteroatoms. The van der Waals surface area contributed by atoms with E-state index >= 15 is 9.18 Å². The Morgan fingerprint density at radius 1 is 1.08 bits per heavy atom. The first-order valence-corrected chi connectivity index (χ1v) is 21.4. The van der Waals surface area contributed by atoms with Crippen molar-refractivity contribution in [3.8, 4) is 0 Å². The summed E-state index contributed by atoms with van der Waals surface area (Å²) in [6.45, 7) is 11.4. The summed E-state index contributed by atoms with van der Waals surface area (Å²) in [6, 6.07) is 16.3. The van der Waals surface area contributed by atoms with Crippen LogP contribution in [0.2, 0.25) is 35.7 Å². The van der Waals surface area contributed by atoms with Crippen molar-refractivity contribution in [2.45, 2.75) is 76.2 Å². The molecule has 4 atom stereocenters. The van der Waals surface area contributed by atoms with E-state index in [1.807, 2.05) is 6.92 Å². The summed E-state index contributed by atoms with van der Waals surface area (Å²) in [4.78, 5) is 30.3. The molecule has 49 heavy (non-hydrogen) atoms. The van der Waals surface area contributed by atoms with Crippen LogP contribution < -0.4 is 0 Å². The first-order valence-electron chi connectivity index (χ1n) is 16.9. The van der Waals surface area contributed by atoms with Crippen molar-refractivity contribution in [3.05, 3.63) is 104 Å². The van der Waals surface area contributed by atoms with Gasteiger partial charge >= 0.3 is 5.97 Å². The zero-order valence-corrected chi connectivity index (χ0v) is 31.5. The van der Waals surface area contributed by atoms with E-state index < -0.39 is 49.1 Å². The highest BCUT2D eigenvalue weighted by Gasteiger charge is 2.58. The molecule has 2 heterocycles. The molecule has 0 saturated carbocycles. The molecule has 0 spiro atoms. The van der Waals surface area contributed by atoms with Gasteiger partial charge in [-0.2, -0.15) is 0 Å². The number of carbonyl (C=O) groups excluding carboxylic acids is 2. The van der Waals surface area contributed by atoms with E-state index in [2.05, 4.69) is 19.6 Å². The lowest BCUT2D eigenvalue weighted by molar-refractivity contribution is -0.155. The maximum absolute atomic E-state index is 17.0. The molecule has 3 aromatic carbocycles. The quantitative estimate of drug-likeness (QED) is 0.148. The van der Waals surface area contributed by atoms with Crippen molar-refractivity contribution >= 4 is 43.2 Å². The molecule has 0 radical (unpaired) electrons. The summed E-state index contributed by atoms with van der Waals surface area (Å²) in [6.07, 6.45) is 1.52. The zero-order valence-electron chi connectivity index (χ0n) is 29.0. The topological polar surface area (TPSA) is 85.3 Å². The van der Waals surface area contributed by atoms with Gasteiger partial charge in [0.25, 0.3) is 5.91 Å². The van der Waals surface area contributed by atoms with E-state index in [1.165, 1.54) is 18.1 Å². The number of ether oxygens (including phenoxy) is 3. The Morgan fingerprint density at radius 2 is 1.67 bits per heavy atom. The predicted molar refractivity (Wildman–Crippen MR) is 192 cm³/mol. The molecule has 2 aliphatic heterocycles. The number of halogens is 3. The van der Waals surface area contributed by atoms with Crippen molar-refractivity contribution in [1.82, 2.24) is 4.90 Å². The second-order valence-electron chi connectivity index (χ2n) is 14.3. The monoisotopic (exact) mass is 729 g/mol. The summed E-state index contributed by atoms with van der Waals surface area (Å²) in [5.74, 6) is -2.85. The standard InChI is InChI=1S/C38H46Cl2FNO6Si/c1-7-37(45,26-16-18-47-19-17-26)28-22-31-33(32(41)23-28)38(46-3,27-10-14-30(40)15-11-27)42(35(31)43)34(25-8-12-29(39)13-9-25)24(2)36(44)48-20-21-49(4,5)6/h8-15,22-24,26,34,45H,7,16-21H2,1-6H3/t24-,34?,37-,38+/m0/s1.